The van der Waals surface area contributed by atoms with Crippen LogP contribution < -0.4 is 0 Å². The van der Waals surface area contributed by atoms with Crippen molar-refractivity contribution in [2.75, 3.05) is 7.05 Å². The van der Waals surface area contributed by atoms with E-state index >= 15 is 0 Å². The van der Waals surface area contributed by atoms with Gasteiger partial charge in [-0.3, -0.25) is 20.2 Å². The fraction of sp³-hybridized carbons (Fsp3) is 0.256. The van der Waals surface area contributed by atoms with Crippen LogP contribution in [0.2, 0.25) is 0 Å². The van der Waals surface area contributed by atoms with E-state index in [1.54, 1.807) is 36.4 Å². The van der Waals surface area contributed by atoms with Crippen LogP contribution in [0.25, 0.3) is 21.5 Å². The van der Waals surface area contributed by atoms with Crippen molar-refractivity contribution in [2.45, 2.75) is 65.2 Å². The zero-order chi connectivity index (χ0) is 42.1. The Balaban J connectivity index is 0.000000256. The van der Waals surface area contributed by atoms with E-state index in [1.807, 2.05) is 90.1 Å². The van der Waals surface area contributed by atoms with Gasteiger partial charge in [0, 0.05) is 41.3 Å². The first-order valence-corrected chi connectivity index (χ1v) is 18.1. The SMILES string of the molecule is CCC(C)(C)c1cc(N=NC)c(O)c([N+](=O)[O-])c1.CCC(C)(C)c1cc(N=Nc2c(O)ccc3ccccc23)c(O)c([N+](=O)[O-])c1.Oc1ccc2ccccc2c1.[Co]. The monoisotopic (exact) mass is 833 g/mol. The maximum atomic E-state index is 11.4. The number of nitrogens with zero attached hydrogens (tertiary/aromatic N) is 6. The summed E-state index contributed by atoms with van der Waals surface area (Å²) < 4.78 is 0. The molecule has 0 aliphatic rings. The van der Waals surface area contributed by atoms with Gasteiger partial charge in [-0.1, -0.05) is 102 Å². The molecule has 0 aliphatic heterocycles. The predicted octanol–water partition coefficient (Wildman–Crippen LogP) is 12.5. The van der Waals surface area contributed by atoms with E-state index < -0.39 is 27.0 Å². The van der Waals surface area contributed by atoms with Gasteiger partial charge in [0.05, 0.1) is 9.85 Å². The number of nitro benzene ring substituents is 2. The fourth-order valence-electron chi connectivity index (χ4n) is 5.57. The standard InChI is InChI=1S/C21H21N3O4.C12H17N3O3.C10H8O.Co/c1-4-21(2,3)14-11-16(20(26)17(12-14)24(27)28)22-23-19-15-8-6-5-7-13(15)9-10-18(19)25;1-5-12(2,3)8-6-9(14-13-4)11(16)10(7-8)15(17)18;11-10-6-5-8-3-1-2-4-9(8)7-10;/h5-12,25-26H,4H2,1-3H3;6-7,16H,5H2,1-4H3;1-7,11H;. The van der Waals surface area contributed by atoms with Crippen LogP contribution in [0.15, 0.2) is 124 Å². The summed E-state index contributed by atoms with van der Waals surface area (Å²) in [5.74, 6) is -0.740. The molecule has 0 amide bonds. The van der Waals surface area contributed by atoms with Gasteiger partial charge in [0.15, 0.2) is 0 Å². The van der Waals surface area contributed by atoms with E-state index in [1.165, 1.54) is 25.2 Å². The third kappa shape index (κ3) is 10.9. The quantitative estimate of drug-likeness (QED) is 0.0622. The Kier molecular flexibility index (Phi) is 15.5. The zero-order valence-electron chi connectivity index (χ0n) is 33.2. The summed E-state index contributed by atoms with van der Waals surface area (Å²) in [5.41, 5.74) is 0.460. The topological polar surface area (TPSA) is 217 Å². The molecule has 15 heteroatoms. The third-order valence-electron chi connectivity index (χ3n) is 9.94. The van der Waals surface area contributed by atoms with E-state index in [-0.39, 0.29) is 56.1 Å². The zero-order valence-corrected chi connectivity index (χ0v) is 34.2. The summed E-state index contributed by atoms with van der Waals surface area (Å²) in [5, 5.41) is 80.9. The maximum Gasteiger partial charge on any atom is 0.313 e. The molecule has 6 aromatic carbocycles. The molecule has 0 bridgehead atoms. The number of benzene rings is 6. The van der Waals surface area contributed by atoms with Crippen molar-refractivity contribution < 1.29 is 47.1 Å². The molecule has 0 atom stereocenters. The van der Waals surface area contributed by atoms with Crippen LogP contribution in [0, 0.1) is 20.2 Å². The Morgan fingerprint density at radius 2 is 1.05 bits per heavy atom. The number of rotatable bonds is 9. The average Bonchev–Trinajstić information content (AvgIpc) is 3.18. The van der Waals surface area contributed by atoms with E-state index in [4.69, 9.17) is 5.11 Å². The first-order valence-electron chi connectivity index (χ1n) is 18.1. The minimum atomic E-state index is -0.640. The molecule has 0 saturated carbocycles. The number of hydrogen-bond acceptors (Lipinski definition) is 12. The molecular weight excluding hydrogens is 787 g/mol. The number of nitro groups is 2. The van der Waals surface area contributed by atoms with Crippen LogP contribution in [-0.4, -0.2) is 37.3 Å². The number of phenols is 4. The second-order valence-electron chi connectivity index (χ2n) is 14.4. The molecule has 0 spiro atoms. The van der Waals surface area contributed by atoms with Crippen molar-refractivity contribution in [3.63, 3.8) is 0 Å². The number of hydrogen-bond donors (Lipinski definition) is 4. The first-order chi connectivity index (χ1) is 26.9. The van der Waals surface area contributed by atoms with Crippen LogP contribution in [0.1, 0.15) is 65.5 Å². The number of fused-ring (bicyclic) bond motifs is 2. The van der Waals surface area contributed by atoms with E-state index in [0.717, 1.165) is 34.6 Å². The second-order valence-corrected chi connectivity index (χ2v) is 14.4. The molecule has 305 valence electrons. The fourth-order valence-corrected chi connectivity index (χ4v) is 5.57. The minimum Gasteiger partial charge on any atom is -0.508 e. The molecule has 0 saturated heterocycles. The Bertz CT molecular complexity index is 2490. The van der Waals surface area contributed by atoms with Crippen molar-refractivity contribution in [3.8, 4) is 23.0 Å². The smallest absolute Gasteiger partial charge is 0.313 e. The van der Waals surface area contributed by atoms with Gasteiger partial charge in [-0.05, 0) is 81.3 Å². The molecule has 6 rings (SSSR count). The van der Waals surface area contributed by atoms with Gasteiger partial charge in [-0.15, -0.1) is 10.2 Å². The van der Waals surface area contributed by atoms with Gasteiger partial charge in [0.1, 0.15) is 28.6 Å². The van der Waals surface area contributed by atoms with Crippen molar-refractivity contribution in [2.24, 2.45) is 20.5 Å². The molecule has 0 heterocycles. The number of aromatic hydroxyl groups is 4. The van der Waals surface area contributed by atoms with Crippen molar-refractivity contribution in [1.82, 2.24) is 0 Å². The van der Waals surface area contributed by atoms with Crippen molar-refractivity contribution in [3.05, 3.63) is 134 Å². The summed E-state index contributed by atoms with van der Waals surface area (Å²) in [6, 6.07) is 29.9. The van der Waals surface area contributed by atoms with Gasteiger partial charge in [-0.25, -0.2) is 0 Å². The van der Waals surface area contributed by atoms with E-state index in [9.17, 15) is 35.5 Å². The van der Waals surface area contributed by atoms with Crippen LogP contribution in [0.4, 0.5) is 28.4 Å². The van der Waals surface area contributed by atoms with Crippen molar-refractivity contribution in [1.29, 1.82) is 0 Å². The molecule has 0 fully saturated rings. The van der Waals surface area contributed by atoms with E-state index in [0.29, 0.717) is 16.7 Å². The largest absolute Gasteiger partial charge is 0.508 e. The summed E-state index contributed by atoms with van der Waals surface area (Å²) in [6.07, 6.45) is 1.56. The summed E-state index contributed by atoms with van der Waals surface area (Å²) in [4.78, 5) is 21.0. The molecular formula is C43H46CoN6O8. The minimum absolute atomic E-state index is 0. The van der Waals surface area contributed by atoms with Crippen LogP contribution in [0.5, 0.6) is 23.0 Å². The van der Waals surface area contributed by atoms with Crippen LogP contribution in [0.3, 0.4) is 0 Å². The van der Waals surface area contributed by atoms with Gasteiger partial charge in [-0.2, -0.15) is 10.2 Å². The second kappa shape index (κ2) is 19.6. The van der Waals surface area contributed by atoms with Gasteiger partial charge < -0.3 is 20.4 Å². The maximum absolute atomic E-state index is 11.4. The summed E-state index contributed by atoms with van der Waals surface area (Å²) >= 11 is 0. The van der Waals surface area contributed by atoms with Gasteiger partial charge in [0.2, 0.25) is 11.5 Å². The average molecular weight is 834 g/mol. The molecule has 0 aromatic heterocycles. The van der Waals surface area contributed by atoms with Crippen molar-refractivity contribution >= 4 is 50.0 Å². The van der Waals surface area contributed by atoms with Crippen LogP contribution in [-0.2, 0) is 27.6 Å². The van der Waals surface area contributed by atoms with Gasteiger partial charge in [0.25, 0.3) is 0 Å². The van der Waals surface area contributed by atoms with E-state index in [2.05, 4.69) is 20.5 Å². The molecule has 6 aromatic rings. The Morgan fingerprint density at radius 1 is 0.586 bits per heavy atom. The molecule has 1 radical (unpaired) electrons. The molecule has 4 N–H and O–H groups in total. The number of phenolic OH excluding ortho intramolecular Hbond substituents is 4. The van der Waals surface area contributed by atoms with Gasteiger partial charge >= 0.3 is 11.4 Å². The molecule has 0 unspecified atom stereocenters. The predicted molar refractivity (Wildman–Crippen MR) is 222 cm³/mol. The Labute approximate surface area is 346 Å². The molecule has 58 heavy (non-hydrogen) atoms. The summed E-state index contributed by atoms with van der Waals surface area (Å²) in [6.45, 7) is 11.9. The molecule has 0 aliphatic carbocycles. The number of azo groups is 2. The molecule has 14 nitrogen and oxygen atoms in total. The Hall–Kier alpha value is -6.45. The summed E-state index contributed by atoms with van der Waals surface area (Å²) in [7, 11) is 1.45. The third-order valence-corrected chi connectivity index (χ3v) is 9.94. The first kappa shape index (κ1) is 45.9. The Morgan fingerprint density at radius 3 is 1.55 bits per heavy atom. The normalized spacial score (nSPS) is 11.4. The van der Waals surface area contributed by atoms with Crippen LogP contribution >= 0.6 is 0 Å².